The lowest BCUT2D eigenvalue weighted by molar-refractivity contribution is -0.126. The Morgan fingerprint density at radius 3 is 2.95 bits per heavy atom. The normalized spacial score (nSPS) is 19.1. The molecular weight excluding hydrogens is 318 g/mol. The van der Waals surface area contributed by atoms with Crippen LogP contribution >= 0.6 is 23.6 Å². The fraction of sp³-hybridized carbons (Fsp3) is 0.786. The third-order valence-electron chi connectivity index (χ3n) is 3.74. The smallest absolute Gasteiger partial charge is 0.224 e. The van der Waals surface area contributed by atoms with E-state index in [1.807, 2.05) is 23.7 Å². The van der Waals surface area contributed by atoms with Gasteiger partial charge in [-0.2, -0.15) is 0 Å². The molecule has 1 fully saturated rings. The van der Waals surface area contributed by atoms with Gasteiger partial charge in [0.05, 0.1) is 12.6 Å². The van der Waals surface area contributed by atoms with E-state index >= 15 is 0 Å². The van der Waals surface area contributed by atoms with Crippen molar-refractivity contribution in [3.63, 3.8) is 0 Å². The molecule has 2 rings (SSSR count). The number of hydrogen-bond acceptors (Lipinski definition) is 6. The summed E-state index contributed by atoms with van der Waals surface area (Å²) in [6, 6.07) is 0. The summed E-state index contributed by atoms with van der Waals surface area (Å²) >= 11 is 6.90. The first kappa shape index (κ1) is 17.4. The Kier molecular flexibility index (Phi) is 6.34. The quantitative estimate of drug-likeness (QED) is 0.800. The molecule has 1 atom stereocenters. The monoisotopic (exact) mass is 343 g/mol. The number of carbonyl (C=O) groups is 1. The third-order valence-corrected chi connectivity index (χ3v) is 5.21. The van der Waals surface area contributed by atoms with Crippen molar-refractivity contribution in [2.24, 2.45) is 5.92 Å². The fourth-order valence-electron chi connectivity index (χ4n) is 2.55. The molecule has 6 nitrogen and oxygen atoms in total. The molecule has 1 aromatic heterocycles. The zero-order valence-corrected chi connectivity index (χ0v) is 15.2. The average molecular weight is 344 g/mol. The van der Waals surface area contributed by atoms with Crippen molar-refractivity contribution in [1.29, 1.82) is 0 Å². The predicted octanol–water partition coefficient (Wildman–Crippen LogP) is 1.94. The van der Waals surface area contributed by atoms with Gasteiger partial charge in [0.1, 0.15) is 0 Å². The summed E-state index contributed by atoms with van der Waals surface area (Å²) in [6.07, 6.45) is 2.99. The molecule has 2 heterocycles. The summed E-state index contributed by atoms with van der Waals surface area (Å²) < 4.78 is 2.64. The highest BCUT2D eigenvalue weighted by atomic mass is 32.1. The molecule has 1 aromatic rings. The number of hydrogen-bond donors (Lipinski definition) is 1. The Hall–Kier alpha value is -0.990. The molecule has 0 unspecified atom stereocenters. The molecule has 8 heteroatoms. The van der Waals surface area contributed by atoms with E-state index in [4.69, 9.17) is 12.2 Å². The second-order valence-corrected chi connectivity index (χ2v) is 7.49. The van der Waals surface area contributed by atoms with Gasteiger partial charge in [-0.1, -0.05) is 18.3 Å². The number of piperidine rings is 1. The van der Waals surface area contributed by atoms with Crippen molar-refractivity contribution in [1.82, 2.24) is 20.0 Å². The van der Waals surface area contributed by atoms with Crippen molar-refractivity contribution in [2.45, 2.75) is 32.9 Å². The second-order valence-electron chi connectivity index (χ2n) is 5.89. The van der Waals surface area contributed by atoms with Crippen LogP contribution in [0.1, 0.15) is 26.2 Å². The van der Waals surface area contributed by atoms with E-state index in [-0.39, 0.29) is 11.8 Å². The number of nitrogens with one attached hydrogen (secondary N) is 1. The molecule has 1 aliphatic rings. The minimum Gasteiger partial charge on any atom is -0.356 e. The van der Waals surface area contributed by atoms with Gasteiger partial charge in [-0.15, -0.1) is 5.10 Å². The molecule has 1 amide bonds. The van der Waals surface area contributed by atoms with Gasteiger partial charge < -0.3 is 10.2 Å². The predicted molar refractivity (Wildman–Crippen MR) is 92.9 cm³/mol. The Labute approximate surface area is 141 Å². The fourth-order valence-corrected chi connectivity index (χ4v) is 3.55. The molecule has 124 valence electrons. The minimum absolute atomic E-state index is 0.0847. The van der Waals surface area contributed by atoms with Crippen molar-refractivity contribution in [3.05, 3.63) is 3.95 Å². The van der Waals surface area contributed by atoms with Crippen molar-refractivity contribution >= 4 is 34.6 Å². The van der Waals surface area contributed by atoms with Gasteiger partial charge >= 0.3 is 0 Å². The Morgan fingerprint density at radius 2 is 2.32 bits per heavy atom. The first-order valence-electron chi connectivity index (χ1n) is 7.76. The van der Waals surface area contributed by atoms with E-state index in [0.717, 1.165) is 48.0 Å². The zero-order chi connectivity index (χ0) is 16.1. The lowest BCUT2D eigenvalue weighted by atomic mass is 9.97. The SMILES string of the molecule is CCCNC(=O)[C@H]1CCCN(Cn2nc(N(C)C)sc2=S)C1. The molecule has 22 heavy (non-hydrogen) atoms. The average Bonchev–Trinajstić information content (AvgIpc) is 2.86. The number of aromatic nitrogens is 2. The van der Waals surface area contributed by atoms with E-state index in [1.54, 1.807) is 0 Å². The molecule has 0 aromatic carbocycles. The van der Waals surface area contributed by atoms with Gasteiger partial charge in [-0.05, 0) is 38.0 Å². The maximum absolute atomic E-state index is 12.1. The van der Waals surface area contributed by atoms with Gasteiger partial charge in [0, 0.05) is 27.2 Å². The second kappa shape index (κ2) is 8.03. The first-order valence-corrected chi connectivity index (χ1v) is 8.99. The molecule has 0 spiro atoms. The molecular formula is C14H25N5OS2. The highest BCUT2D eigenvalue weighted by Gasteiger charge is 2.26. The van der Waals surface area contributed by atoms with E-state index in [0.29, 0.717) is 6.67 Å². The van der Waals surface area contributed by atoms with E-state index < -0.39 is 0 Å². The van der Waals surface area contributed by atoms with Crippen LogP contribution in [0.2, 0.25) is 0 Å². The third kappa shape index (κ3) is 4.50. The van der Waals surface area contributed by atoms with Crippen LogP contribution in [-0.2, 0) is 11.5 Å². The van der Waals surface area contributed by atoms with Crippen molar-refractivity contribution < 1.29 is 4.79 Å². The van der Waals surface area contributed by atoms with E-state index in [1.165, 1.54) is 11.3 Å². The van der Waals surface area contributed by atoms with Crippen LogP contribution in [0.5, 0.6) is 0 Å². The molecule has 0 radical (unpaired) electrons. The standard InChI is InChI=1S/C14H25N5OS2/c1-4-7-15-12(20)11-6-5-8-18(9-11)10-19-14(21)22-13(16-19)17(2)3/h11H,4-10H2,1-3H3,(H,15,20)/t11-/m0/s1. The molecule has 1 N–H and O–H groups in total. The Bertz CT molecular complexity index is 554. The summed E-state index contributed by atoms with van der Waals surface area (Å²) in [6.45, 7) is 5.28. The van der Waals surface area contributed by atoms with Gasteiger partial charge in [0.2, 0.25) is 11.0 Å². The van der Waals surface area contributed by atoms with Crippen LogP contribution in [-0.4, -0.2) is 54.3 Å². The number of rotatable bonds is 6. The lowest BCUT2D eigenvalue weighted by Crippen LogP contribution is -2.43. The summed E-state index contributed by atoms with van der Waals surface area (Å²) in [4.78, 5) is 16.4. The van der Waals surface area contributed by atoms with Crippen LogP contribution in [0.4, 0.5) is 5.13 Å². The zero-order valence-electron chi connectivity index (χ0n) is 13.5. The van der Waals surface area contributed by atoms with Gasteiger partial charge in [0.15, 0.2) is 3.95 Å². The molecule has 0 aliphatic carbocycles. The van der Waals surface area contributed by atoms with Gasteiger partial charge in [-0.3, -0.25) is 9.69 Å². The first-order chi connectivity index (χ1) is 10.5. The Morgan fingerprint density at radius 1 is 1.55 bits per heavy atom. The lowest BCUT2D eigenvalue weighted by Gasteiger charge is -2.31. The number of nitrogens with zero attached hydrogens (tertiary/aromatic N) is 4. The number of amides is 1. The maximum Gasteiger partial charge on any atom is 0.224 e. The van der Waals surface area contributed by atoms with Crippen LogP contribution in [0.3, 0.4) is 0 Å². The molecule has 0 saturated carbocycles. The van der Waals surface area contributed by atoms with E-state index in [2.05, 4.69) is 22.2 Å². The van der Waals surface area contributed by atoms with Crippen molar-refractivity contribution in [2.75, 3.05) is 38.6 Å². The topological polar surface area (TPSA) is 53.4 Å². The minimum atomic E-state index is 0.0847. The van der Waals surface area contributed by atoms with Crippen LogP contribution in [0.25, 0.3) is 0 Å². The summed E-state index contributed by atoms with van der Waals surface area (Å²) in [7, 11) is 3.93. The maximum atomic E-state index is 12.1. The van der Waals surface area contributed by atoms with Gasteiger partial charge in [0.25, 0.3) is 0 Å². The molecule has 1 aliphatic heterocycles. The van der Waals surface area contributed by atoms with Crippen LogP contribution in [0, 0.1) is 9.87 Å². The van der Waals surface area contributed by atoms with Gasteiger partial charge in [-0.25, -0.2) is 4.68 Å². The highest BCUT2D eigenvalue weighted by molar-refractivity contribution is 7.73. The van der Waals surface area contributed by atoms with E-state index in [9.17, 15) is 4.79 Å². The summed E-state index contributed by atoms with van der Waals surface area (Å²) in [5.41, 5.74) is 0. The summed E-state index contributed by atoms with van der Waals surface area (Å²) in [5, 5.41) is 8.46. The van der Waals surface area contributed by atoms with Crippen LogP contribution in [0.15, 0.2) is 0 Å². The number of carbonyl (C=O) groups excluding carboxylic acids is 1. The largest absolute Gasteiger partial charge is 0.356 e. The highest BCUT2D eigenvalue weighted by Crippen LogP contribution is 2.20. The molecule has 0 bridgehead atoms. The summed E-state index contributed by atoms with van der Waals surface area (Å²) in [5.74, 6) is 0.267. The van der Waals surface area contributed by atoms with Crippen molar-refractivity contribution in [3.8, 4) is 0 Å². The Balaban J connectivity index is 1.95. The van der Waals surface area contributed by atoms with Crippen LogP contribution < -0.4 is 10.2 Å². The number of anilines is 1. The number of likely N-dealkylation sites (tertiary alicyclic amines) is 1. The molecule has 1 saturated heterocycles.